The van der Waals surface area contributed by atoms with Gasteiger partial charge >= 0.3 is 12.1 Å². The fourth-order valence-electron chi connectivity index (χ4n) is 1.51. The van der Waals surface area contributed by atoms with Gasteiger partial charge in [-0.1, -0.05) is 0 Å². The summed E-state index contributed by atoms with van der Waals surface area (Å²) < 4.78 is 15.3. The highest BCUT2D eigenvalue weighted by Crippen LogP contribution is 2.27. The number of esters is 1. The van der Waals surface area contributed by atoms with Gasteiger partial charge in [0.15, 0.2) is 6.61 Å². The number of carbonyl (C=O) groups excluding carboxylic acids is 2. The van der Waals surface area contributed by atoms with Crippen molar-refractivity contribution in [1.82, 2.24) is 0 Å². The number of carbonyl (C=O) groups is 2. The molecule has 0 heterocycles. The molecule has 1 amide bonds. The Labute approximate surface area is 129 Å². The summed E-state index contributed by atoms with van der Waals surface area (Å²) in [5.41, 5.74) is 5.86. The Hall–Kier alpha value is -2.44. The lowest BCUT2D eigenvalue weighted by Crippen LogP contribution is -2.27. The van der Waals surface area contributed by atoms with Crippen molar-refractivity contribution >= 4 is 23.4 Å². The van der Waals surface area contributed by atoms with Crippen molar-refractivity contribution in [2.75, 3.05) is 24.3 Å². The molecular formula is C15H22N2O5. The van der Waals surface area contributed by atoms with Gasteiger partial charge in [0.2, 0.25) is 0 Å². The topological polar surface area (TPSA) is 99.9 Å². The maximum absolute atomic E-state index is 11.8. The first-order valence-electron chi connectivity index (χ1n) is 6.89. The Balaban J connectivity index is 2.78. The molecule has 3 N–H and O–H groups in total. The molecule has 0 aliphatic carbocycles. The molecule has 0 radical (unpaired) electrons. The van der Waals surface area contributed by atoms with E-state index in [9.17, 15) is 9.59 Å². The highest BCUT2D eigenvalue weighted by atomic mass is 16.6. The molecule has 0 aliphatic rings. The quantitative estimate of drug-likeness (QED) is 0.640. The van der Waals surface area contributed by atoms with Crippen LogP contribution in [-0.2, 0) is 14.3 Å². The minimum absolute atomic E-state index is 0.263. The Morgan fingerprint density at radius 3 is 2.55 bits per heavy atom. The fraction of sp³-hybridized carbons (Fsp3) is 0.467. The van der Waals surface area contributed by atoms with Crippen LogP contribution in [0.25, 0.3) is 0 Å². The number of nitrogens with one attached hydrogen (secondary N) is 1. The van der Waals surface area contributed by atoms with Crippen molar-refractivity contribution in [1.29, 1.82) is 0 Å². The summed E-state index contributed by atoms with van der Waals surface area (Å²) in [6, 6.07) is 4.68. The maximum atomic E-state index is 11.8. The minimum atomic E-state index is -0.627. The summed E-state index contributed by atoms with van der Waals surface area (Å²) in [6.45, 7) is 6.96. The molecule has 0 aliphatic heterocycles. The predicted octanol–water partition coefficient (Wildman–Crippen LogP) is 2.56. The van der Waals surface area contributed by atoms with Crippen LogP contribution in [0.3, 0.4) is 0 Å². The van der Waals surface area contributed by atoms with Gasteiger partial charge < -0.3 is 19.9 Å². The molecule has 22 heavy (non-hydrogen) atoms. The summed E-state index contributed by atoms with van der Waals surface area (Å²) in [4.78, 5) is 23.1. The van der Waals surface area contributed by atoms with E-state index >= 15 is 0 Å². The predicted molar refractivity (Wildman–Crippen MR) is 82.8 cm³/mol. The highest BCUT2D eigenvalue weighted by molar-refractivity contribution is 5.87. The molecule has 0 unspecified atom stereocenters. The van der Waals surface area contributed by atoms with Crippen LogP contribution >= 0.6 is 0 Å². The van der Waals surface area contributed by atoms with Crippen molar-refractivity contribution in [3.8, 4) is 5.75 Å². The lowest BCUT2D eigenvalue weighted by atomic mass is 10.2. The molecule has 1 aromatic carbocycles. The van der Waals surface area contributed by atoms with Crippen LogP contribution < -0.4 is 15.8 Å². The second-order valence-electron chi connectivity index (χ2n) is 5.48. The van der Waals surface area contributed by atoms with Crippen LogP contribution in [-0.4, -0.2) is 30.9 Å². The number of nitrogens with two attached hydrogens (primary N) is 1. The first-order chi connectivity index (χ1) is 10.2. The lowest BCUT2D eigenvalue weighted by molar-refractivity contribution is -0.145. The first-order valence-corrected chi connectivity index (χ1v) is 6.89. The van der Waals surface area contributed by atoms with E-state index in [1.165, 1.54) is 6.07 Å². The van der Waals surface area contributed by atoms with E-state index in [2.05, 4.69) is 5.32 Å². The Kier molecular flexibility index (Phi) is 6.03. The Bertz CT molecular complexity index is 537. The Morgan fingerprint density at radius 1 is 1.27 bits per heavy atom. The van der Waals surface area contributed by atoms with Crippen molar-refractivity contribution in [3.63, 3.8) is 0 Å². The Morgan fingerprint density at radius 2 is 1.95 bits per heavy atom. The van der Waals surface area contributed by atoms with Crippen LogP contribution in [0.2, 0.25) is 0 Å². The third-order valence-electron chi connectivity index (χ3n) is 2.29. The van der Waals surface area contributed by atoms with Gasteiger partial charge in [0.05, 0.1) is 12.3 Å². The van der Waals surface area contributed by atoms with E-state index in [0.29, 0.717) is 11.4 Å². The summed E-state index contributed by atoms with van der Waals surface area (Å²) in [7, 11) is 0. The SMILES string of the molecule is CCOC(=O)COc1cc(N)ccc1NC(=O)OC(C)(C)C. The van der Waals surface area contributed by atoms with Gasteiger partial charge in [0, 0.05) is 11.8 Å². The van der Waals surface area contributed by atoms with Crippen LogP contribution in [0, 0.1) is 0 Å². The minimum Gasteiger partial charge on any atom is -0.480 e. The monoisotopic (exact) mass is 310 g/mol. The van der Waals surface area contributed by atoms with Gasteiger partial charge in [0.25, 0.3) is 0 Å². The molecule has 0 saturated carbocycles. The normalized spacial score (nSPS) is 10.7. The summed E-state index contributed by atoms with van der Waals surface area (Å²) in [6.07, 6.45) is -0.627. The number of nitrogen functional groups attached to an aromatic ring is 1. The largest absolute Gasteiger partial charge is 0.480 e. The zero-order chi connectivity index (χ0) is 16.8. The summed E-state index contributed by atoms with van der Waals surface area (Å²) >= 11 is 0. The molecule has 1 aromatic rings. The highest BCUT2D eigenvalue weighted by Gasteiger charge is 2.18. The molecule has 122 valence electrons. The molecule has 0 aromatic heterocycles. The second kappa shape index (κ2) is 7.53. The number of hydrogen-bond donors (Lipinski definition) is 2. The smallest absolute Gasteiger partial charge is 0.412 e. The molecule has 0 fully saturated rings. The second-order valence-corrected chi connectivity index (χ2v) is 5.48. The van der Waals surface area contributed by atoms with Gasteiger partial charge in [-0.05, 0) is 39.8 Å². The standard InChI is InChI=1S/C15H22N2O5/c1-5-20-13(18)9-21-12-8-10(16)6-7-11(12)17-14(19)22-15(2,3)4/h6-8H,5,9,16H2,1-4H3,(H,17,19). The van der Waals surface area contributed by atoms with E-state index in [4.69, 9.17) is 19.9 Å². The van der Waals surface area contributed by atoms with Gasteiger partial charge in [-0.3, -0.25) is 5.32 Å². The first kappa shape index (κ1) is 17.6. The van der Waals surface area contributed by atoms with Crippen LogP contribution in [0.5, 0.6) is 5.75 Å². The number of rotatable bonds is 5. The molecule has 1 rings (SSSR count). The zero-order valence-electron chi connectivity index (χ0n) is 13.3. The molecule has 0 bridgehead atoms. The molecule has 7 heteroatoms. The van der Waals surface area contributed by atoms with Gasteiger partial charge in [0.1, 0.15) is 11.4 Å². The van der Waals surface area contributed by atoms with Crippen LogP contribution in [0.15, 0.2) is 18.2 Å². The summed E-state index contributed by atoms with van der Waals surface area (Å²) in [5.74, 6) is -0.243. The van der Waals surface area contributed by atoms with E-state index in [-0.39, 0.29) is 19.0 Å². The van der Waals surface area contributed by atoms with Crippen molar-refractivity contribution in [2.45, 2.75) is 33.3 Å². The van der Waals surface area contributed by atoms with Crippen LogP contribution in [0.4, 0.5) is 16.2 Å². The summed E-state index contributed by atoms with van der Waals surface area (Å²) in [5, 5.41) is 2.56. The number of anilines is 2. The van der Waals surface area contributed by atoms with Crippen LogP contribution in [0.1, 0.15) is 27.7 Å². The number of hydrogen-bond acceptors (Lipinski definition) is 6. The maximum Gasteiger partial charge on any atom is 0.412 e. The average Bonchev–Trinajstić information content (AvgIpc) is 2.37. The lowest BCUT2D eigenvalue weighted by Gasteiger charge is -2.20. The number of amides is 1. The van der Waals surface area contributed by atoms with Gasteiger partial charge in [-0.15, -0.1) is 0 Å². The van der Waals surface area contributed by atoms with E-state index in [0.717, 1.165) is 0 Å². The zero-order valence-corrected chi connectivity index (χ0v) is 13.3. The molecule has 0 atom stereocenters. The molecule has 7 nitrogen and oxygen atoms in total. The van der Waals surface area contributed by atoms with Crippen molar-refractivity contribution < 1.29 is 23.8 Å². The van der Waals surface area contributed by atoms with Gasteiger partial charge in [-0.2, -0.15) is 0 Å². The third kappa shape index (κ3) is 6.34. The molecular weight excluding hydrogens is 288 g/mol. The van der Waals surface area contributed by atoms with E-state index < -0.39 is 17.7 Å². The fourth-order valence-corrected chi connectivity index (χ4v) is 1.51. The third-order valence-corrected chi connectivity index (χ3v) is 2.29. The van der Waals surface area contributed by atoms with Crippen molar-refractivity contribution in [2.24, 2.45) is 0 Å². The molecule has 0 spiro atoms. The van der Waals surface area contributed by atoms with Gasteiger partial charge in [-0.25, -0.2) is 9.59 Å². The molecule has 0 saturated heterocycles. The van der Waals surface area contributed by atoms with E-state index in [1.807, 2.05) is 0 Å². The number of ether oxygens (including phenoxy) is 3. The van der Waals surface area contributed by atoms with Crippen molar-refractivity contribution in [3.05, 3.63) is 18.2 Å². The van der Waals surface area contributed by atoms with E-state index in [1.54, 1.807) is 39.8 Å². The average molecular weight is 310 g/mol. The number of benzene rings is 1.